The van der Waals surface area contributed by atoms with E-state index in [1.54, 1.807) is 12.1 Å². The van der Waals surface area contributed by atoms with Gasteiger partial charge in [-0.2, -0.15) is 0 Å². The van der Waals surface area contributed by atoms with Gasteiger partial charge in [0.2, 0.25) is 5.91 Å². The Kier molecular flexibility index (Phi) is 6.66. The van der Waals surface area contributed by atoms with Crippen LogP contribution in [0.2, 0.25) is 0 Å². The van der Waals surface area contributed by atoms with Gasteiger partial charge in [0.05, 0.1) is 0 Å². The molecule has 0 radical (unpaired) electrons. The number of aliphatic hydroxyl groups excluding tert-OH is 1. The summed E-state index contributed by atoms with van der Waals surface area (Å²) >= 11 is 0. The van der Waals surface area contributed by atoms with E-state index in [1.165, 1.54) is 6.07 Å². The Hall–Kier alpha value is -1.72. The molecule has 4 nitrogen and oxygen atoms in total. The maximum Gasteiger partial charge on any atom is 0.226 e. The van der Waals surface area contributed by atoms with Crippen molar-refractivity contribution in [1.29, 1.82) is 0 Å². The summed E-state index contributed by atoms with van der Waals surface area (Å²) in [6.07, 6.45) is 7.28. The number of benzene rings is 1. The molecule has 1 amide bonds. The van der Waals surface area contributed by atoms with Gasteiger partial charge in [-0.25, -0.2) is 4.39 Å². The molecular weight excluding hydrogens is 343 g/mol. The number of piperidine rings is 2. The van der Waals surface area contributed by atoms with Crippen LogP contribution in [0.3, 0.4) is 0 Å². The van der Waals surface area contributed by atoms with E-state index >= 15 is 0 Å². The molecule has 1 aromatic carbocycles. The molecule has 1 N–H and O–H groups in total. The first-order valence-electron chi connectivity index (χ1n) is 10.0. The van der Waals surface area contributed by atoms with E-state index in [0.717, 1.165) is 51.0 Å². The van der Waals surface area contributed by atoms with Crippen LogP contribution in [0.5, 0.6) is 0 Å². The fourth-order valence-corrected chi connectivity index (χ4v) is 4.65. The second kappa shape index (κ2) is 8.98. The number of halogens is 1. The number of amides is 1. The van der Waals surface area contributed by atoms with Crippen LogP contribution in [-0.4, -0.2) is 53.6 Å². The van der Waals surface area contributed by atoms with Crippen LogP contribution in [0, 0.1) is 17.2 Å². The molecular formula is C22H31FN2O2. The second-order valence-electron chi connectivity index (χ2n) is 8.01. The van der Waals surface area contributed by atoms with Gasteiger partial charge in [-0.15, -0.1) is 0 Å². The van der Waals surface area contributed by atoms with Gasteiger partial charge in [-0.05, 0) is 62.4 Å². The first kappa shape index (κ1) is 20.0. The third-order valence-electron chi connectivity index (χ3n) is 6.43. The van der Waals surface area contributed by atoms with Gasteiger partial charge in [-0.3, -0.25) is 9.69 Å². The third kappa shape index (κ3) is 4.77. The lowest BCUT2D eigenvalue weighted by Crippen LogP contribution is -2.54. The van der Waals surface area contributed by atoms with E-state index in [1.807, 2.05) is 30.0 Å². The maximum absolute atomic E-state index is 13.4. The molecule has 0 aliphatic carbocycles. The van der Waals surface area contributed by atoms with E-state index in [-0.39, 0.29) is 29.7 Å². The zero-order valence-corrected chi connectivity index (χ0v) is 16.2. The summed E-state index contributed by atoms with van der Waals surface area (Å²) in [6.45, 7) is 6.20. The first-order valence-corrected chi connectivity index (χ1v) is 10.0. The van der Waals surface area contributed by atoms with Crippen LogP contribution < -0.4 is 0 Å². The SMILES string of the molecule is C/C=C/CC(=O)N1CCC2(CCN(Cc3cccc(F)c3)CC2)C(CO)C1. The van der Waals surface area contributed by atoms with Gasteiger partial charge in [0.15, 0.2) is 0 Å². The molecule has 1 spiro atoms. The van der Waals surface area contributed by atoms with E-state index in [4.69, 9.17) is 0 Å². The molecule has 148 valence electrons. The number of likely N-dealkylation sites (tertiary alicyclic amines) is 2. The minimum Gasteiger partial charge on any atom is -0.396 e. The minimum absolute atomic E-state index is 0.130. The van der Waals surface area contributed by atoms with Gasteiger partial charge in [0, 0.05) is 38.6 Å². The second-order valence-corrected chi connectivity index (χ2v) is 8.01. The van der Waals surface area contributed by atoms with Crippen molar-refractivity contribution >= 4 is 5.91 Å². The largest absolute Gasteiger partial charge is 0.396 e. The Morgan fingerprint density at radius 3 is 2.70 bits per heavy atom. The van der Waals surface area contributed by atoms with Crippen molar-refractivity contribution in [1.82, 2.24) is 9.80 Å². The fraction of sp³-hybridized carbons (Fsp3) is 0.591. The minimum atomic E-state index is -0.184. The van der Waals surface area contributed by atoms with Gasteiger partial charge >= 0.3 is 0 Å². The molecule has 2 aliphatic heterocycles. The van der Waals surface area contributed by atoms with E-state index in [0.29, 0.717) is 13.0 Å². The van der Waals surface area contributed by atoms with Crippen molar-refractivity contribution in [2.24, 2.45) is 11.3 Å². The summed E-state index contributed by atoms with van der Waals surface area (Å²) in [4.78, 5) is 16.6. The lowest BCUT2D eigenvalue weighted by molar-refractivity contribution is -0.137. The molecule has 2 heterocycles. The van der Waals surface area contributed by atoms with Crippen molar-refractivity contribution in [2.45, 2.75) is 39.2 Å². The Morgan fingerprint density at radius 2 is 2.04 bits per heavy atom. The summed E-state index contributed by atoms with van der Waals surface area (Å²) in [5, 5.41) is 10.0. The molecule has 3 rings (SSSR count). The van der Waals surface area contributed by atoms with Crippen LogP contribution >= 0.6 is 0 Å². The highest BCUT2D eigenvalue weighted by molar-refractivity contribution is 5.77. The fourth-order valence-electron chi connectivity index (χ4n) is 4.65. The average Bonchev–Trinajstić information content (AvgIpc) is 2.68. The molecule has 0 saturated carbocycles. The number of hydrogen-bond acceptors (Lipinski definition) is 3. The van der Waals surface area contributed by atoms with Crippen LogP contribution in [0.25, 0.3) is 0 Å². The Labute approximate surface area is 161 Å². The molecule has 27 heavy (non-hydrogen) atoms. The Morgan fingerprint density at radius 1 is 1.30 bits per heavy atom. The van der Waals surface area contributed by atoms with Gasteiger partial charge < -0.3 is 10.0 Å². The highest BCUT2D eigenvalue weighted by Gasteiger charge is 2.45. The summed E-state index contributed by atoms with van der Waals surface area (Å²) in [6, 6.07) is 6.82. The van der Waals surface area contributed by atoms with Crippen LogP contribution in [0.15, 0.2) is 36.4 Å². The van der Waals surface area contributed by atoms with Gasteiger partial charge in [-0.1, -0.05) is 24.3 Å². The molecule has 1 unspecified atom stereocenters. The molecule has 2 fully saturated rings. The summed E-state index contributed by atoms with van der Waals surface area (Å²) < 4.78 is 13.4. The van der Waals surface area contributed by atoms with Crippen molar-refractivity contribution in [3.8, 4) is 0 Å². The predicted octanol–water partition coefficient (Wildman–Crippen LogP) is 3.21. The predicted molar refractivity (Wildman–Crippen MR) is 105 cm³/mol. The number of nitrogens with zero attached hydrogens (tertiary/aromatic N) is 2. The molecule has 0 bridgehead atoms. The number of carbonyl (C=O) groups is 1. The molecule has 2 aliphatic rings. The van der Waals surface area contributed by atoms with Crippen LogP contribution in [-0.2, 0) is 11.3 Å². The lowest BCUT2D eigenvalue weighted by atomic mass is 9.64. The molecule has 1 atom stereocenters. The zero-order chi connectivity index (χ0) is 19.3. The zero-order valence-electron chi connectivity index (χ0n) is 16.2. The number of aliphatic hydroxyl groups is 1. The van der Waals surface area contributed by atoms with Gasteiger partial charge in [0.1, 0.15) is 5.82 Å². The number of carbonyl (C=O) groups excluding carboxylic acids is 1. The topological polar surface area (TPSA) is 43.8 Å². The molecule has 0 aromatic heterocycles. The van der Waals surface area contributed by atoms with E-state index < -0.39 is 0 Å². The summed E-state index contributed by atoms with van der Waals surface area (Å²) in [7, 11) is 0. The molecule has 5 heteroatoms. The molecule has 2 saturated heterocycles. The van der Waals surface area contributed by atoms with Gasteiger partial charge in [0.25, 0.3) is 0 Å². The van der Waals surface area contributed by atoms with Crippen molar-refractivity contribution in [2.75, 3.05) is 32.8 Å². The van der Waals surface area contributed by atoms with Crippen LogP contribution in [0.4, 0.5) is 4.39 Å². The quantitative estimate of drug-likeness (QED) is 0.805. The number of allylic oxidation sites excluding steroid dienone is 1. The Balaban J connectivity index is 1.57. The summed E-state index contributed by atoms with van der Waals surface area (Å²) in [5.41, 5.74) is 1.14. The van der Waals surface area contributed by atoms with Crippen molar-refractivity contribution in [3.05, 3.63) is 47.8 Å². The highest BCUT2D eigenvalue weighted by atomic mass is 19.1. The first-order chi connectivity index (χ1) is 13.1. The van der Waals surface area contributed by atoms with Crippen molar-refractivity contribution < 1.29 is 14.3 Å². The monoisotopic (exact) mass is 374 g/mol. The standard InChI is InChI=1S/C22H31FN2O2/c1-2-3-7-21(27)25-13-10-22(19(16-25)17-26)8-11-24(12-9-22)15-18-5-4-6-20(23)14-18/h2-6,14,19,26H,7-13,15-17H2,1H3/b3-2+. The maximum atomic E-state index is 13.4. The number of rotatable bonds is 5. The normalized spacial score (nSPS) is 23.2. The third-order valence-corrected chi connectivity index (χ3v) is 6.43. The molecule has 1 aromatic rings. The highest BCUT2D eigenvalue weighted by Crippen LogP contribution is 2.45. The van der Waals surface area contributed by atoms with E-state index in [2.05, 4.69) is 4.90 Å². The summed E-state index contributed by atoms with van der Waals surface area (Å²) in [5.74, 6) is 0.123. The lowest BCUT2D eigenvalue weighted by Gasteiger charge is -2.51. The van der Waals surface area contributed by atoms with Crippen LogP contribution in [0.1, 0.15) is 38.2 Å². The average molecular weight is 375 g/mol. The number of hydrogen-bond donors (Lipinski definition) is 1. The van der Waals surface area contributed by atoms with Crippen molar-refractivity contribution in [3.63, 3.8) is 0 Å². The Bertz CT molecular complexity index is 668. The smallest absolute Gasteiger partial charge is 0.226 e. The van der Waals surface area contributed by atoms with E-state index in [9.17, 15) is 14.3 Å².